The number of benzene rings is 1. The van der Waals surface area contributed by atoms with E-state index >= 15 is 0 Å². The second-order valence-electron chi connectivity index (χ2n) is 7.94. The lowest BCUT2D eigenvalue weighted by Crippen LogP contribution is -2.38. The molecule has 2 aromatic heterocycles. The van der Waals surface area contributed by atoms with Gasteiger partial charge >= 0.3 is 4.87 Å². The predicted molar refractivity (Wildman–Crippen MR) is 120 cm³/mol. The zero-order valence-electron chi connectivity index (χ0n) is 17.4. The van der Waals surface area contributed by atoms with Crippen LogP contribution in [0, 0.1) is 5.92 Å². The summed E-state index contributed by atoms with van der Waals surface area (Å²) in [4.78, 5) is 31.4. The van der Waals surface area contributed by atoms with Crippen molar-refractivity contribution in [2.75, 3.05) is 5.73 Å². The highest BCUT2D eigenvalue weighted by atomic mass is 32.1. The summed E-state index contributed by atoms with van der Waals surface area (Å²) in [6.07, 6.45) is -0.608. The van der Waals surface area contributed by atoms with Gasteiger partial charge in [0, 0.05) is 18.5 Å². The maximum atomic E-state index is 12.9. The number of thiazole rings is 1. The lowest BCUT2D eigenvalue weighted by Gasteiger charge is -2.26. The maximum Gasteiger partial charge on any atom is 0.311 e. The number of H-pyrrole nitrogens is 1. The number of fused-ring (bicyclic) bond motifs is 1. The Morgan fingerprint density at radius 1 is 1.39 bits per heavy atom. The third kappa shape index (κ3) is 4.29. The molecular formula is C21H27N5O4S. The highest BCUT2D eigenvalue weighted by Gasteiger charge is 2.43. The molecule has 1 aliphatic heterocycles. The van der Waals surface area contributed by atoms with Gasteiger partial charge in [0.25, 0.3) is 5.56 Å². The first kappa shape index (κ1) is 21.7. The molecule has 0 amide bonds. The van der Waals surface area contributed by atoms with Crippen molar-refractivity contribution in [2.45, 2.75) is 57.7 Å². The highest BCUT2D eigenvalue weighted by Crippen LogP contribution is 2.39. The summed E-state index contributed by atoms with van der Waals surface area (Å²) < 4.78 is 7.83. The minimum Gasteiger partial charge on any atom is -0.390 e. The van der Waals surface area contributed by atoms with Gasteiger partial charge in [0.1, 0.15) is 10.9 Å². The molecule has 166 valence electrons. The van der Waals surface area contributed by atoms with Crippen LogP contribution in [0.2, 0.25) is 0 Å². The van der Waals surface area contributed by atoms with Crippen LogP contribution in [-0.2, 0) is 11.3 Å². The van der Waals surface area contributed by atoms with Crippen LogP contribution in [-0.4, -0.2) is 37.9 Å². The number of aromatic nitrogens is 3. The number of nitrogen functional groups attached to an aromatic ring is 1. The fourth-order valence-electron chi connectivity index (χ4n) is 4.13. The molecule has 3 heterocycles. The first-order valence-electron chi connectivity index (χ1n) is 10.4. The van der Waals surface area contributed by atoms with Crippen molar-refractivity contribution >= 4 is 27.6 Å². The van der Waals surface area contributed by atoms with Crippen molar-refractivity contribution in [3.8, 4) is 0 Å². The number of anilines is 1. The Bertz CT molecular complexity index is 1160. The maximum absolute atomic E-state index is 12.9. The molecule has 31 heavy (non-hydrogen) atoms. The number of nitrogens with zero attached hydrogens (tertiary/aromatic N) is 2. The standard InChI is InChI=1S/C21H27N5O4S/c1-3-14(27)15-9-13(11(2)23-10-12-7-5-4-6-8-12)19(30-15)26-17-16(31-21(26)29)18(28)25-20(22)24-17/h4-8,11,13-15,19,23,27H,3,9-10H2,1-2H3,(H3,22,24,25,28)/t11?,13-,14?,15-,19+/m0/s1. The van der Waals surface area contributed by atoms with Crippen LogP contribution < -0.4 is 21.5 Å². The minimum absolute atomic E-state index is 0.0274. The normalized spacial score (nSPS) is 23.3. The molecule has 0 aliphatic carbocycles. The zero-order valence-corrected chi connectivity index (χ0v) is 18.3. The van der Waals surface area contributed by atoms with E-state index in [1.165, 1.54) is 4.57 Å². The van der Waals surface area contributed by atoms with Crippen molar-refractivity contribution in [1.29, 1.82) is 0 Å². The first-order chi connectivity index (χ1) is 14.9. The van der Waals surface area contributed by atoms with Gasteiger partial charge in [0.2, 0.25) is 5.95 Å². The largest absolute Gasteiger partial charge is 0.390 e. The van der Waals surface area contributed by atoms with Crippen LogP contribution in [0.15, 0.2) is 39.9 Å². The Kier molecular flexibility index (Phi) is 6.24. The number of aromatic amines is 1. The predicted octanol–water partition coefficient (Wildman–Crippen LogP) is 1.58. The molecule has 0 bridgehead atoms. The average Bonchev–Trinajstić information content (AvgIpc) is 3.33. The number of aliphatic hydroxyl groups is 1. The Morgan fingerprint density at radius 2 is 2.13 bits per heavy atom. The molecule has 4 rings (SSSR count). The van der Waals surface area contributed by atoms with Crippen LogP contribution in [0.3, 0.4) is 0 Å². The number of rotatable bonds is 7. The summed E-state index contributed by atoms with van der Waals surface area (Å²) in [6.45, 7) is 4.59. The third-order valence-electron chi connectivity index (χ3n) is 5.89. The lowest BCUT2D eigenvalue weighted by atomic mass is 9.93. The van der Waals surface area contributed by atoms with Gasteiger partial charge in [-0.3, -0.25) is 19.1 Å². The second-order valence-corrected chi connectivity index (χ2v) is 8.90. The zero-order chi connectivity index (χ0) is 22.1. The van der Waals surface area contributed by atoms with E-state index in [9.17, 15) is 14.7 Å². The summed E-state index contributed by atoms with van der Waals surface area (Å²) in [5.41, 5.74) is 6.65. The molecule has 0 spiro atoms. The highest BCUT2D eigenvalue weighted by molar-refractivity contribution is 7.16. The van der Waals surface area contributed by atoms with Crippen molar-refractivity contribution in [2.24, 2.45) is 5.92 Å². The van der Waals surface area contributed by atoms with Crippen LogP contribution >= 0.6 is 11.3 Å². The molecule has 10 heteroatoms. The van der Waals surface area contributed by atoms with Gasteiger partial charge in [-0.1, -0.05) is 48.6 Å². The van der Waals surface area contributed by atoms with E-state index in [4.69, 9.17) is 10.5 Å². The van der Waals surface area contributed by atoms with Gasteiger partial charge in [-0.25, -0.2) is 0 Å². The molecule has 1 aliphatic rings. The van der Waals surface area contributed by atoms with Gasteiger partial charge in [0.15, 0.2) is 5.65 Å². The van der Waals surface area contributed by atoms with E-state index in [0.717, 1.165) is 16.9 Å². The lowest BCUT2D eigenvalue weighted by molar-refractivity contribution is -0.0671. The van der Waals surface area contributed by atoms with Crippen molar-refractivity contribution in [3.63, 3.8) is 0 Å². The van der Waals surface area contributed by atoms with Gasteiger partial charge in [0.05, 0.1) is 12.2 Å². The van der Waals surface area contributed by atoms with E-state index in [2.05, 4.69) is 15.3 Å². The average molecular weight is 446 g/mol. The van der Waals surface area contributed by atoms with Crippen LogP contribution in [0.25, 0.3) is 10.3 Å². The number of nitrogens with two attached hydrogens (primary N) is 1. The monoisotopic (exact) mass is 445 g/mol. The Balaban J connectivity index is 1.68. The topological polar surface area (TPSA) is 135 Å². The molecule has 9 nitrogen and oxygen atoms in total. The molecule has 0 radical (unpaired) electrons. The minimum atomic E-state index is -0.667. The quantitative estimate of drug-likeness (QED) is 0.434. The van der Waals surface area contributed by atoms with Crippen LogP contribution in [0.5, 0.6) is 0 Å². The molecule has 5 N–H and O–H groups in total. The Morgan fingerprint density at radius 3 is 2.84 bits per heavy atom. The van der Waals surface area contributed by atoms with Crippen LogP contribution in [0.4, 0.5) is 5.95 Å². The van der Waals surface area contributed by atoms with Crippen molar-refractivity contribution in [3.05, 3.63) is 55.9 Å². The third-order valence-corrected chi connectivity index (χ3v) is 6.84. The van der Waals surface area contributed by atoms with Crippen molar-refractivity contribution in [1.82, 2.24) is 19.9 Å². The van der Waals surface area contributed by atoms with E-state index < -0.39 is 24.0 Å². The SMILES string of the molecule is CCC(O)[C@@H]1C[C@@H](C(C)NCc2ccccc2)[C@H](n2c(=O)sc3c(=O)[nH]c(N)nc32)O1. The fourth-order valence-corrected chi connectivity index (χ4v) is 4.97. The molecule has 3 aromatic rings. The summed E-state index contributed by atoms with van der Waals surface area (Å²) in [7, 11) is 0. The summed E-state index contributed by atoms with van der Waals surface area (Å²) in [6, 6.07) is 10.0. The van der Waals surface area contributed by atoms with E-state index in [1.54, 1.807) is 0 Å². The number of hydrogen-bond acceptors (Lipinski definition) is 8. The molecule has 1 aromatic carbocycles. The van der Waals surface area contributed by atoms with E-state index in [0.29, 0.717) is 19.4 Å². The second kappa shape index (κ2) is 8.91. The van der Waals surface area contributed by atoms with Gasteiger partial charge in [-0.15, -0.1) is 0 Å². The van der Waals surface area contributed by atoms with E-state index in [1.807, 2.05) is 44.2 Å². The van der Waals surface area contributed by atoms with Gasteiger partial charge in [-0.2, -0.15) is 4.98 Å². The number of ether oxygens (including phenoxy) is 1. The summed E-state index contributed by atoms with van der Waals surface area (Å²) >= 11 is 0.823. The smallest absolute Gasteiger partial charge is 0.311 e. The van der Waals surface area contributed by atoms with Gasteiger partial charge in [-0.05, 0) is 25.3 Å². The van der Waals surface area contributed by atoms with Gasteiger partial charge < -0.3 is 20.9 Å². The molecule has 0 saturated carbocycles. The molecule has 1 fully saturated rings. The number of hydrogen-bond donors (Lipinski definition) is 4. The summed E-state index contributed by atoms with van der Waals surface area (Å²) in [5, 5.41) is 13.9. The van der Waals surface area contributed by atoms with Crippen LogP contribution in [0.1, 0.15) is 38.5 Å². The number of nitrogens with one attached hydrogen (secondary N) is 2. The Labute approximate surface area is 182 Å². The molecular weight excluding hydrogens is 418 g/mol. The molecule has 1 saturated heterocycles. The molecule has 2 unspecified atom stereocenters. The first-order valence-corrected chi connectivity index (χ1v) is 11.2. The van der Waals surface area contributed by atoms with E-state index in [-0.39, 0.29) is 33.1 Å². The fraction of sp³-hybridized carbons (Fsp3) is 0.476. The Hall–Kier alpha value is -2.53. The summed E-state index contributed by atoms with van der Waals surface area (Å²) in [5.74, 6) is -0.174. The molecule has 5 atom stereocenters. The number of aliphatic hydroxyl groups excluding tert-OH is 1. The van der Waals surface area contributed by atoms with Crippen molar-refractivity contribution < 1.29 is 9.84 Å².